The maximum Gasteiger partial charge on any atom is 0.325 e. The summed E-state index contributed by atoms with van der Waals surface area (Å²) in [5.74, 6) is 0.874. The van der Waals surface area contributed by atoms with Crippen molar-refractivity contribution in [3.63, 3.8) is 0 Å². The van der Waals surface area contributed by atoms with Gasteiger partial charge in [-0.05, 0) is 36.8 Å². The molecule has 9 nitrogen and oxygen atoms in total. The first-order chi connectivity index (χ1) is 12.0. The fraction of sp³-hybridized carbons (Fsp3) is 0.375. The number of urea groups is 1. The first-order valence-electron chi connectivity index (χ1n) is 7.90. The Kier molecular flexibility index (Phi) is 4.55. The largest absolute Gasteiger partial charge is 0.497 e. The highest BCUT2D eigenvalue weighted by Crippen LogP contribution is 2.22. The van der Waals surface area contributed by atoms with Gasteiger partial charge >= 0.3 is 6.03 Å². The number of nitrogens with one attached hydrogen (secondary N) is 2. The molecule has 1 fully saturated rings. The summed E-state index contributed by atoms with van der Waals surface area (Å²) in [4.78, 5) is 31.5. The fourth-order valence-corrected chi connectivity index (χ4v) is 2.82. The van der Waals surface area contributed by atoms with Crippen molar-refractivity contribution in [3.05, 3.63) is 29.8 Å². The number of fused-ring (bicyclic) bond motifs is 1. The second-order valence-corrected chi connectivity index (χ2v) is 5.65. The Hall–Kier alpha value is -3.10. The van der Waals surface area contributed by atoms with E-state index in [2.05, 4.69) is 20.8 Å². The number of nitrogens with zero attached hydrogens (tertiary/aromatic N) is 4. The van der Waals surface area contributed by atoms with E-state index in [-0.39, 0.29) is 5.91 Å². The zero-order valence-corrected chi connectivity index (χ0v) is 14.3. The lowest BCUT2D eigenvalue weighted by Gasteiger charge is -2.35. The monoisotopic (exact) mass is 344 g/mol. The van der Waals surface area contributed by atoms with Gasteiger partial charge in [0.25, 0.3) is 5.91 Å². The van der Waals surface area contributed by atoms with Gasteiger partial charge in [-0.2, -0.15) is 5.10 Å². The summed E-state index contributed by atoms with van der Waals surface area (Å²) in [6.07, 6.45) is 1.09. The molecular formula is C16H20N6O3. The van der Waals surface area contributed by atoms with Crippen LogP contribution in [0.3, 0.4) is 0 Å². The standard InChI is InChI=1S/C16H20N6O3/c1-4-22-12-13(21(2)16(24)19-14(12)23)18-15(22)20-17-9-10-5-7-11(25-3)8-6-10/h5-9,12-13H,4H2,1-3H3,(H,18,20)(H,19,23,24)/b17-9-. The predicted octanol–water partition coefficient (Wildman–Crippen LogP) is 0.187. The number of hydrogen-bond acceptors (Lipinski definition) is 7. The van der Waals surface area contributed by atoms with Gasteiger partial charge in [-0.15, -0.1) is 0 Å². The van der Waals surface area contributed by atoms with Gasteiger partial charge in [0.05, 0.1) is 13.3 Å². The van der Waals surface area contributed by atoms with Gasteiger partial charge in [0.2, 0.25) is 5.96 Å². The molecule has 132 valence electrons. The molecule has 2 unspecified atom stereocenters. The number of methoxy groups -OCH3 is 1. The SMILES string of the molecule is CCN1C(N/N=C\c2ccc(OC)cc2)=NC2C1C(=O)NC(=O)N2C. The molecule has 0 radical (unpaired) electrons. The van der Waals surface area contributed by atoms with Crippen molar-refractivity contribution in [3.8, 4) is 5.75 Å². The van der Waals surface area contributed by atoms with Crippen molar-refractivity contribution in [2.45, 2.75) is 19.1 Å². The normalized spacial score (nSPS) is 22.8. The summed E-state index contributed by atoms with van der Waals surface area (Å²) in [6.45, 7) is 2.47. The third-order valence-corrected chi connectivity index (χ3v) is 4.20. The van der Waals surface area contributed by atoms with E-state index in [1.807, 2.05) is 31.2 Å². The number of carbonyl (C=O) groups excluding carboxylic acids is 2. The molecule has 2 atom stereocenters. The Bertz CT molecular complexity index is 730. The van der Waals surface area contributed by atoms with Crippen LogP contribution < -0.4 is 15.5 Å². The molecule has 2 N–H and O–H groups in total. The van der Waals surface area contributed by atoms with Crippen LogP contribution in [0.5, 0.6) is 5.75 Å². The van der Waals surface area contributed by atoms with Crippen molar-refractivity contribution in [2.24, 2.45) is 10.1 Å². The Labute approximate surface area is 145 Å². The van der Waals surface area contributed by atoms with E-state index in [1.165, 1.54) is 4.90 Å². The molecule has 0 bridgehead atoms. The minimum atomic E-state index is -0.556. The van der Waals surface area contributed by atoms with Crippen LogP contribution >= 0.6 is 0 Å². The third-order valence-electron chi connectivity index (χ3n) is 4.20. The van der Waals surface area contributed by atoms with E-state index in [1.54, 1.807) is 25.3 Å². The fourth-order valence-electron chi connectivity index (χ4n) is 2.82. The molecule has 3 amide bonds. The van der Waals surface area contributed by atoms with Crippen LogP contribution in [-0.4, -0.2) is 66.8 Å². The Morgan fingerprint density at radius 2 is 2.08 bits per heavy atom. The van der Waals surface area contributed by atoms with Gasteiger partial charge in [-0.3, -0.25) is 10.1 Å². The lowest BCUT2D eigenvalue weighted by atomic mass is 10.1. The smallest absolute Gasteiger partial charge is 0.325 e. The van der Waals surface area contributed by atoms with Crippen molar-refractivity contribution < 1.29 is 14.3 Å². The van der Waals surface area contributed by atoms with Gasteiger partial charge in [-0.25, -0.2) is 15.2 Å². The van der Waals surface area contributed by atoms with E-state index >= 15 is 0 Å². The third kappa shape index (κ3) is 3.12. The van der Waals surface area contributed by atoms with Gasteiger partial charge in [0.15, 0.2) is 12.2 Å². The number of hydrazone groups is 1. The number of ether oxygens (including phenoxy) is 1. The number of rotatable bonds is 4. The van der Waals surface area contributed by atoms with Crippen LogP contribution in [0.4, 0.5) is 4.79 Å². The van der Waals surface area contributed by atoms with Crippen LogP contribution in [0, 0.1) is 0 Å². The lowest BCUT2D eigenvalue weighted by Crippen LogP contribution is -2.64. The number of carbonyl (C=O) groups is 2. The molecule has 1 saturated heterocycles. The van der Waals surface area contributed by atoms with E-state index < -0.39 is 18.2 Å². The number of benzene rings is 1. The molecule has 0 spiro atoms. The summed E-state index contributed by atoms with van der Waals surface area (Å²) < 4.78 is 5.11. The van der Waals surface area contributed by atoms with Crippen LogP contribution in [0.25, 0.3) is 0 Å². The topological polar surface area (TPSA) is 98.6 Å². The minimum absolute atomic E-state index is 0.352. The molecule has 3 rings (SSSR count). The lowest BCUT2D eigenvalue weighted by molar-refractivity contribution is -0.127. The van der Waals surface area contributed by atoms with Crippen LogP contribution in [-0.2, 0) is 4.79 Å². The summed E-state index contributed by atoms with van der Waals surface area (Å²) in [5, 5.41) is 6.51. The number of guanidine groups is 1. The summed E-state index contributed by atoms with van der Waals surface area (Å²) in [5.41, 5.74) is 3.75. The molecule has 9 heteroatoms. The van der Waals surface area contributed by atoms with Gasteiger partial charge in [-0.1, -0.05) is 0 Å². The minimum Gasteiger partial charge on any atom is -0.497 e. The first kappa shape index (κ1) is 16.7. The maximum atomic E-state index is 12.2. The van der Waals surface area contributed by atoms with Crippen molar-refractivity contribution in [1.29, 1.82) is 0 Å². The second-order valence-electron chi connectivity index (χ2n) is 5.65. The quantitative estimate of drug-likeness (QED) is 0.600. The second kappa shape index (κ2) is 6.80. The van der Waals surface area contributed by atoms with E-state index in [9.17, 15) is 9.59 Å². The number of aliphatic imine (C=N–C) groups is 1. The van der Waals surface area contributed by atoms with Crippen LogP contribution in [0.15, 0.2) is 34.4 Å². The van der Waals surface area contributed by atoms with Crippen molar-refractivity contribution in [1.82, 2.24) is 20.5 Å². The van der Waals surface area contributed by atoms with Crippen molar-refractivity contribution >= 4 is 24.1 Å². The molecule has 0 aromatic heterocycles. The van der Waals surface area contributed by atoms with Crippen LogP contribution in [0.2, 0.25) is 0 Å². The highest BCUT2D eigenvalue weighted by atomic mass is 16.5. The highest BCUT2D eigenvalue weighted by molar-refractivity contribution is 6.03. The number of imide groups is 1. The molecule has 2 aliphatic rings. The summed E-state index contributed by atoms with van der Waals surface area (Å²) in [7, 11) is 3.22. The van der Waals surface area contributed by atoms with E-state index in [4.69, 9.17) is 4.74 Å². The number of amides is 3. The molecule has 0 aliphatic carbocycles. The summed E-state index contributed by atoms with van der Waals surface area (Å²) in [6, 6.07) is 6.42. The predicted molar refractivity (Wildman–Crippen MR) is 92.4 cm³/mol. The average Bonchev–Trinajstić information content (AvgIpc) is 2.99. The molecule has 2 heterocycles. The zero-order valence-electron chi connectivity index (χ0n) is 14.3. The summed E-state index contributed by atoms with van der Waals surface area (Å²) >= 11 is 0. The average molecular weight is 344 g/mol. The number of hydrogen-bond donors (Lipinski definition) is 2. The van der Waals surface area contributed by atoms with Gasteiger partial charge < -0.3 is 14.5 Å². The van der Waals surface area contributed by atoms with Gasteiger partial charge in [0.1, 0.15) is 5.75 Å². The zero-order chi connectivity index (χ0) is 18.0. The Morgan fingerprint density at radius 1 is 1.36 bits per heavy atom. The Morgan fingerprint density at radius 3 is 2.72 bits per heavy atom. The van der Waals surface area contributed by atoms with Gasteiger partial charge in [0, 0.05) is 13.6 Å². The van der Waals surface area contributed by atoms with E-state index in [0.29, 0.717) is 12.5 Å². The van der Waals surface area contributed by atoms with Crippen LogP contribution in [0.1, 0.15) is 12.5 Å². The number of likely N-dealkylation sites (N-methyl/N-ethyl adjacent to an activating group) is 2. The molecule has 1 aromatic rings. The maximum absolute atomic E-state index is 12.2. The van der Waals surface area contributed by atoms with Crippen molar-refractivity contribution in [2.75, 3.05) is 20.7 Å². The molecule has 2 aliphatic heterocycles. The molecular weight excluding hydrogens is 324 g/mol. The highest BCUT2D eigenvalue weighted by Gasteiger charge is 2.48. The van der Waals surface area contributed by atoms with E-state index in [0.717, 1.165) is 11.3 Å². The molecule has 25 heavy (non-hydrogen) atoms. The Balaban J connectivity index is 1.73. The molecule has 1 aromatic carbocycles. The first-order valence-corrected chi connectivity index (χ1v) is 7.90. The molecule has 0 saturated carbocycles.